The van der Waals surface area contributed by atoms with E-state index in [9.17, 15) is 4.79 Å². The molecule has 20 heavy (non-hydrogen) atoms. The maximum atomic E-state index is 11.7. The number of benzene rings is 1. The molecule has 0 atom stereocenters. The van der Waals surface area contributed by atoms with Crippen LogP contribution in [0.1, 0.15) is 12.2 Å². The van der Waals surface area contributed by atoms with Crippen LogP contribution in [0.2, 0.25) is 0 Å². The Hall–Kier alpha value is -1.95. The molecular formula is C14H16N2O3S. The zero-order valence-electron chi connectivity index (χ0n) is 11.4. The number of methoxy groups -OCH3 is 1. The van der Waals surface area contributed by atoms with Gasteiger partial charge in [0.15, 0.2) is 5.82 Å². The van der Waals surface area contributed by atoms with Crippen LogP contribution in [0.5, 0.6) is 5.75 Å². The minimum Gasteiger partial charge on any atom is -0.497 e. The van der Waals surface area contributed by atoms with Crippen LogP contribution in [0.15, 0.2) is 39.8 Å². The summed E-state index contributed by atoms with van der Waals surface area (Å²) < 4.78 is 9.97. The van der Waals surface area contributed by atoms with E-state index in [-0.39, 0.29) is 5.91 Å². The molecule has 2 aromatic rings. The number of anilines is 1. The topological polar surface area (TPSA) is 64.4 Å². The summed E-state index contributed by atoms with van der Waals surface area (Å²) in [7, 11) is 1.64. The predicted molar refractivity (Wildman–Crippen MR) is 78.2 cm³/mol. The molecule has 0 radical (unpaired) electrons. The molecule has 2 rings (SSSR count). The molecule has 0 aliphatic heterocycles. The van der Waals surface area contributed by atoms with E-state index >= 15 is 0 Å². The molecule has 0 aliphatic rings. The van der Waals surface area contributed by atoms with Crippen molar-refractivity contribution in [2.24, 2.45) is 0 Å². The van der Waals surface area contributed by atoms with Gasteiger partial charge in [-0.25, -0.2) is 0 Å². The number of aromatic nitrogens is 1. The molecule has 0 saturated carbocycles. The second-order valence-corrected chi connectivity index (χ2v) is 5.31. The second-order valence-electron chi connectivity index (χ2n) is 4.14. The highest BCUT2D eigenvalue weighted by molar-refractivity contribution is 7.99. The number of rotatable bonds is 6. The number of hydrogen-bond acceptors (Lipinski definition) is 5. The van der Waals surface area contributed by atoms with Crippen molar-refractivity contribution in [1.29, 1.82) is 0 Å². The summed E-state index contributed by atoms with van der Waals surface area (Å²) in [5.74, 6) is 2.59. The van der Waals surface area contributed by atoms with Crippen molar-refractivity contribution >= 4 is 23.5 Å². The minimum atomic E-state index is -0.0701. The molecule has 1 amide bonds. The van der Waals surface area contributed by atoms with Crippen LogP contribution >= 0.6 is 11.8 Å². The first-order valence-corrected chi connectivity index (χ1v) is 7.16. The highest BCUT2D eigenvalue weighted by Gasteiger charge is 2.06. The number of ether oxygens (including phenoxy) is 1. The summed E-state index contributed by atoms with van der Waals surface area (Å²) in [5, 5.41) is 6.40. The SMILES string of the molecule is COc1ccc(SCCC(=O)Nc2cc(C)on2)cc1. The number of amides is 1. The zero-order valence-corrected chi connectivity index (χ0v) is 12.2. The molecule has 6 heteroatoms. The van der Waals surface area contributed by atoms with E-state index in [4.69, 9.17) is 9.26 Å². The lowest BCUT2D eigenvalue weighted by atomic mass is 10.3. The lowest BCUT2D eigenvalue weighted by Crippen LogP contribution is -2.12. The molecule has 0 unspecified atom stereocenters. The van der Waals surface area contributed by atoms with E-state index in [1.54, 1.807) is 31.9 Å². The third-order valence-electron chi connectivity index (χ3n) is 2.55. The van der Waals surface area contributed by atoms with Gasteiger partial charge in [-0.2, -0.15) is 0 Å². The Bertz CT molecular complexity index is 566. The number of carbonyl (C=O) groups excluding carboxylic acids is 1. The molecule has 0 bridgehead atoms. The van der Waals surface area contributed by atoms with E-state index in [2.05, 4.69) is 10.5 Å². The smallest absolute Gasteiger partial charge is 0.226 e. The lowest BCUT2D eigenvalue weighted by Gasteiger charge is -2.03. The van der Waals surface area contributed by atoms with Gasteiger partial charge in [0.25, 0.3) is 0 Å². The van der Waals surface area contributed by atoms with Gasteiger partial charge in [-0.1, -0.05) is 5.16 Å². The summed E-state index contributed by atoms with van der Waals surface area (Å²) in [6.07, 6.45) is 0.419. The maximum absolute atomic E-state index is 11.7. The predicted octanol–water partition coefficient (Wildman–Crippen LogP) is 3.11. The van der Waals surface area contributed by atoms with Crippen molar-refractivity contribution in [2.75, 3.05) is 18.2 Å². The Morgan fingerprint density at radius 1 is 1.40 bits per heavy atom. The fraction of sp³-hybridized carbons (Fsp3) is 0.286. The number of nitrogens with one attached hydrogen (secondary N) is 1. The fourth-order valence-corrected chi connectivity index (χ4v) is 2.42. The summed E-state index contributed by atoms with van der Waals surface area (Å²) in [4.78, 5) is 12.8. The molecule has 0 spiro atoms. The average Bonchev–Trinajstić information content (AvgIpc) is 2.85. The van der Waals surface area contributed by atoms with Crippen LogP contribution in [0.4, 0.5) is 5.82 Å². The van der Waals surface area contributed by atoms with Crippen molar-refractivity contribution < 1.29 is 14.1 Å². The third-order valence-corrected chi connectivity index (χ3v) is 3.57. The van der Waals surface area contributed by atoms with Gasteiger partial charge >= 0.3 is 0 Å². The summed E-state index contributed by atoms with van der Waals surface area (Å²) in [5.41, 5.74) is 0. The van der Waals surface area contributed by atoms with Crippen molar-refractivity contribution in [3.05, 3.63) is 36.1 Å². The average molecular weight is 292 g/mol. The van der Waals surface area contributed by atoms with Gasteiger partial charge in [0.05, 0.1) is 7.11 Å². The van der Waals surface area contributed by atoms with Crippen LogP contribution < -0.4 is 10.1 Å². The van der Waals surface area contributed by atoms with Gasteiger partial charge < -0.3 is 14.6 Å². The van der Waals surface area contributed by atoms with Gasteiger partial charge in [-0.15, -0.1) is 11.8 Å². The molecule has 5 nitrogen and oxygen atoms in total. The van der Waals surface area contributed by atoms with Crippen LogP contribution in [0.3, 0.4) is 0 Å². The standard InChI is InChI=1S/C14H16N2O3S/c1-10-9-13(16-19-10)15-14(17)7-8-20-12-5-3-11(18-2)4-6-12/h3-6,9H,7-8H2,1-2H3,(H,15,16,17). The van der Waals surface area contributed by atoms with Gasteiger partial charge in [0.2, 0.25) is 5.91 Å². The Morgan fingerprint density at radius 3 is 2.75 bits per heavy atom. The van der Waals surface area contributed by atoms with Crippen LogP contribution in [-0.4, -0.2) is 23.9 Å². The molecule has 106 valence electrons. The van der Waals surface area contributed by atoms with E-state index in [0.29, 0.717) is 23.8 Å². The quantitative estimate of drug-likeness (QED) is 0.829. The van der Waals surface area contributed by atoms with Gasteiger partial charge in [0, 0.05) is 23.1 Å². The lowest BCUT2D eigenvalue weighted by molar-refractivity contribution is -0.115. The van der Waals surface area contributed by atoms with E-state index < -0.39 is 0 Å². The Labute approximate surface area is 121 Å². The number of nitrogens with zero attached hydrogens (tertiary/aromatic N) is 1. The van der Waals surface area contributed by atoms with Crippen molar-refractivity contribution in [3.63, 3.8) is 0 Å². The van der Waals surface area contributed by atoms with Crippen LogP contribution in [-0.2, 0) is 4.79 Å². The minimum absolute atomic E-state index is 0.0701. The molecule has 0 aliphatic carbocycles. The molecule has 0 fully saturated rings. The van der Waals surface area contributed by atoms with E-state index in [0.717, 1.165) is 10.6 Å². The largest absolute Gasteiger partial charge is 0.497 e. The Morgan fingerprint density at radius 2 is 2.15 bits per heavy atom. The number of hydrogen-bond donors (Lipinski definition) is 1. The first-order chi connectivity index (χ1) is 9.67. The number of carbonyl (C=O) groups is 1. The first kappa shape index (κ1) is 14.5. The number of thioether (sulfide) groups is 1. The molecule has 1 N–H and O–H groups in total. The fourth-order valence-electron chi connectivity index (χ4n) is 1.56. The number of aryl methyl sites for hydroxylation is 1. The zero-order chi connectivity index (χ0) is 14.4. The Kier molecular flexibility index (Phi) is 5.06. The van der Waals surface area contributed by atoms with Crippen molar-refractivity contribution in [2.45, 2.75) is 18.2 Å². The Balaban J connectivity index is 1.73. The second kappa shape index (κ2) is 7.00. The van der Waals surface area contributed by atoms with Gasteiger partial charge in [0.1, 0.15) is 11.5 Å². The van der Waals surface area contributed by atoms with Crippen LogP contribution in [0.25, 0.3) is 0 Å². The van der Waals surface area contributed by atoms with Crippen molar-refractivity contribution in [3.8, 4) is 5.75 Å². The summed E-state index contributed by atoms with van der Waals surface area (Å²) in [6, 6.07) is 9.44. The molecule has 1 heterocycles. The molecule has 1 aromatic heterocycles. The van der Waals surface area contributed by atoms with Gasteiger partial charge in [-0.3, -0.25) is 4.79 Å². The molecule has 0 saturated heterocycles. The van der Waals surface area contributed by atoms with E-state index in [1.165, 1.54) is 0 Å². The maximum Gasteiger partial charge on any atom is 0.226 e. The van der Waals surface area contributed by atoms with Gasteiger partial charge in [-0.05, 0) is 31.2 Å². The highest BCUT2D eigenvalue weighted by Crippen LogP contribution is 2.22. The molecular weight excluding hydrogens is 276 g/mol. The third kappa shape index (κ3) is 4.31. The highest BCUT2D eigenvalue weighted by atomic mass is 32.2. The first-order valence-electron chi connectivity index (χ1n) is 6.17. The molecule has 1 aromatic carbocycles. The van der Waals surface area contributed by atoms with Crippen molar-refractivity contribution in [1.82, 2.24) is 5.16 Å². The van der Waals surface area contributed by atoms with E-state index in [1.807, 2.05) is 24.3 Å². The monoisotopic (exact) mass is 292 g/mol. The summed E-state index contributed by atoms with van der Waals surface area (Å²) in [6.45, 7) is 1.78. The summed E-state index contributed by atoms with van der Waals surface area (Å²) >= 11 is 1.62. The normalized spacial score (nSPS) is 10.3. The van der Waals surface area contributed by atoms with Crippen LogP contribution in [0, 0.1) is 6.92 Å².